The van der Waals surface area contributed by atoms with Gasteiger partial charge in [-0.25, -0.2) is 8.42 Å². The number of amides is 2. The quantitative estimate of drug-likeness (QED) is 0.744. The first kappa shape index (κ1) is 19.9. The highest BCUT2D eigenvalue weighted by Gasteiger charge is 2.29. The number of benzene rings is 1. The molecule has 0 spiro atoms. The molecule has 2 unspecified atom stereocenters. The second-order valence-electron chi connectivity index (χ2n) is 6.32. The number of nitrogens with one attached hydrogen (secondary N) is 2. The Morgan fingerprint density at radius 1 is 1.33 bits per heavy atom. The van der Waals surface area contributed by atoms with E-state index in [1.807, 2.05) is 17.5 Å². The van der Waals surface area contributed by atoms with Crippen molar-refractivity contribution >= 4 is 50.4 Å². The first-order valence-corrected chi connectivity index (χ1v) is 11.7. The van der Waals surface area contributed by atoms with Crippen LogP contribution < -0.4 is 10.6 Å². The van der Waals surface area contributed by atoms with Gasteiger partial charge in [0.2, 0.25) is 11.8 Å². The lowest BCUT2D eigenvalue weighted by atomic mass is 10.3. The number of hydrogen-bond donors (Lipinski definition) is 2. The maximum atomic E-state index is 12.9. The topological polar surface area (TPSA) is 92.3 Å². The predicted molar refractivity (Wildman–Crippen MR) is 108 cm³/mol. The van der Waals surface area contributed by atoms with E-state index in [2.05, 4.69) is 10.6 Å². The van der Waals surface area contributed by atoms with E-state index in [9.17, 15) is 18.0 Å². The molecule has 144 valence electrons. The zero-order valence-corrected chi connectivity index (χ0v) is 17.3. The summed E-state index contributed by atoms with van der Waals surface area (Å²) in [5.74, 6) is -0.397. The second-order valence-corrected chi connectivity index (χ2v) is 11.1. The van der Waals surface area contributed by atoms with E-state index in [0.717, 1.165) is 9.77 Å². The average Bonchev–Trinajstić information content (AvgIpc) is 3.14. The molecule has 0 fully saturated rings. The average molecular weight is 425 g/mol. The van der Waals surface area contributed by atoms with Gasteiger partial charge in [-0.3, -0.25) is 9.59 Å². The van der Waals surface area contributed by atoms with Gasteiger partial charge in [-0.1, -0.05) is 6.07 Å². The third kappa shape index (κ3) is 4.53. The SMILES string of the molecule is CC1Sc2cc(S(=O)(=O)C(C)CC(=O)NCc3cccs3)ccc2NC1=O. The van der Waals surface area contributed by atoms with E-state index in [4.69, 9.17) is 0 Å². The van der Waals surface area contributed by atoms with Crippen LogP contribution in [0.2, 0.25) is 0 Å². The fourth-order valence-corrected chi connectivity index (χ4v) is 5.72. The Morgan fingerprint density at radius 3 is 2.81 bits per heavy atom. The molecule has 0 aliphatic carbocycles. The van der Waals surface area contributed by atoms with Gasteiger partial charge in [0.05, 0.1) is 27.6 Å². The number of hydrogen-bond acceptors (Lipinski definition) is 6. The lowest BCUT2D eigenvalue weighted by Crippen LogP contribution is -2.30. The lowest BCUT2D eigenvalue weighted by molar-refractivity contribution is -0.121. The third-order valence-corrected chi connectivity index (χ3v) is 8.43. The first-order chi connectivity index (χ1) is 12.8. The van der Waals surface area contributed by atoms with Crippen LogP contribution in [0.5, 0.6) is 0 Å². The molecule has 6 nitrogen and oxygen atoms in total. The largest absolute Gasteiger partial charge is 0.351 e. The number of carbonyl (C=O) groups is 2. The molecule has 2 heterocycles. The Hall–Kier alpha value is -1.84. The fraction of sp³-hybridized carbons (Fsp3) is 0.333. The molecule has 1 aliphatic heterocycles. The minimum absolute atomic E-state index is 0.0983. The van der Waals surface area contributed by atoms with E-state index in [-0.39, 0.29) is 28.4 Å². The fourth-order valence-electron chi connectivity index (χ4n) is 2.63. The van der Waals surface area contributed by atoms with Gasteiger partial charge in [0.1, 0.15) is 0 Å². The highest BCUT2D eigenvalue weighted by atomic mass is 32.2. The van der Waals surface area contributed by atoms with Gasteiger partial charge >= 0.3 is 0 Å². The maximum Gasteiger partial charge on any atom is 0.237 e. The summed E-state index contributed by atoms with van der Waals surface area (Å²) in [6.07, 6.45) is -0.106. The minimum Gasteiger partial charge on any atom is -0.351 e. The summed E-state index contributed by atoms with van der Waals surface area (Å²) in [5, 5.41) is 6.31. The smallest absolute Gasteiger partial charge is 0.237 e. The molecule has 27 heavy (non-hydrogen) atoms. The Morgan fingerprint density at radius 2 is 2.11 bits per heavy atom. The van der Waals surface area contributed by atoms with Gasteiger partial charge in [0, 0.05) is 16.2 Å². The molecule has 0 saturated heterocycles. The van der Waals surface area contributed by atoms with Crippen molar-refractivity contribution < 1.29 is 18.0 Å². The second kappa shape index (κ2) is 8.04. The van der Waals surface area contributed by atoms with Crippen molar-refractivity contribution in [1.29, 1.82) is 0 Å². The van der Waals surface area contributed by atoms with Gasteiger partial charge in [-0.05, 0) is 43.5 Å². The molecule has 3 rings (SSSR count). The highest BCUT2D eigenvalue weighted by molar-refractivity contribution is 8.01. The molecule has 2 atom stereocenters. The number of anilines is 1. The van der Waals surface area contributed by atoms with Crippen LogP contribution in [0.25, 0.3) is 0 Å². The van der Waals surface area contributed by atoms with Crippen molar-refractivity contribution in [2.75, 3.05) is 5.32 Å². The predicted octanol–water partition coefficient (Wildman–Crippen LogP) is 3.05. The van der Waals surface area contributed by atoms with Crippen molar-refractivity contribution in [3.05, 3.63) is 40.6 Å². The molecular formula is C18H20N2O4S3. The van der Waals surface area contributed by atoms with E-state index in [0.29, 0.717) is 12.2 Å². The summed E-state index contributed by atoms with van der Waals surface area (Å²) >= 11 is 2.86. The summed E-state index contributed by atoms with van der Waals surface area (Å²) in [4.78, 5) is 25.7. The normalized spacial score (nSPS) is 17.7. The van der Waals surface area contributed by atoms with Crippen molar-refractivity contribution in [2.45, 2.75) is 47.1 Å². The van der Waals surface area contributed by atoms with Gasteiger partial charge in [0.15, 0.2) is 9.84 Å². The molecule has 1 aromatic carbocycles. The molecule has 2 N–H and O–H groups in total. The first-order valence-electron chi connectivity index (χ1n) is 8.42. The number of thiophene rings is 1. The van der Waals surface area contributed by atoms with Gasteiger partial charge < -0.3 is 10.6 Å². The van der Waals surface area contributed by atoms with Crippen molar-refractivity contribution in [2.24, 2.45) is 0 Å². The van der Waals surface area contributed by atoms with Crippen LogP contribution in [-0.4, -0.2) is 30.7 Å². The zero-order valence-electron chi connectivity index (χ0n) is 14.9. The Bertz CT molecular complexity index is 955. The minimum atomic E-state index is -3.65. The summed E-state index contributed by atoms with van der Waals surface area (Å²) < 4.78 is 25.7. The van der Waals surface area contributed by atoms with Gasteiger partial charge in [0.25, 0.3) is 0 Å². The standard InChI is InChI=1S/C18H20N2O4S3/c1-11(8-17(21)19-10-13-4-3-7-25-13)27(23,24)14-5-6-15-16(9-14)26-12(2)18(22)20-15/h3-7,9,11-12H,8,10H2,1-2H3,(H,19,21)(H,20,22). The summed E-state index contributed by atoms with van der Waals surface area (Å²) in [6, 6.07) is 8.46. The molecular weight excluding hydrogens is 404 g/mol. The summed E-state index contributed by atoms with van der Waals surface area (Å²) in [7, 11) is -3.65. The van der Waals surface area contributed by atoms with Gasteiger partial charge in [-0.15, -0.1) is 23.1 Å². The maximum absolute atomic E-state index is 12.9. The number of sulfone groups is 1. The Kier molecular flexibility index (Phi) is 5.92. The van der Waals surface area contributed by atoms with Crippen LogP contribution in [0, 0.1) is 0 Å². The molecule has 1 aliphatic rings. The van der Waals surface area contributed by atoms with Crippen LogP contribution >= 0.6 is 23.1 Å². The molecule has 0 radical (unpaired) electrons. The summed E-state index contributed by atoms with van der Waals surface area (Å²) in [5.41, 5.74) is 0.614. The van der Waals surface area contributed by atoms with Gasteiger partial charge in [-0.2, -0.15) is 0 Å². The third-order valence-electron chi connectivity index (χ3n) is 4.25. The molecule has 0 bridgehead atoms. The Balaban J connectivity index is 1.69. The van der Waals surface area contributed by atoms with Crippen molar-refractivity contribution in [3.8, 4) is 0 Å². The lowest BCUT2D eigenvalue weighted by Gasteiger charge is -2.22. The number of fused-ring (bicyclic) bond motifs is 1. The zero-order chi connectivity index (χ0) is 19.6. The van der Waals surface area contributed by atoms with E-state index in [1.165, 1.54) is 36.1 Å². The molecule has 1 aromatic heterocycles. The van der Waals surface area contributed by atoms with Crippen molar-refractivity contribution in [3.63, 3.8) is 0 Å². The molecule has 9 heteroatoms. The summed E-state index contributed by atoms with van der Waals surface area (Å²) in [6.45, 7) is 3.71. The molecule has 2 aromatic rings. The van der Waals surface area contributed by atoms with Crippen LogP contribution in [0.3, 0.4) is 0 Å². The number of carbonyl (C=O) groups excluding carboxylic acids is 2. The van der Waals surface area contributed by atoms with Crippen LogP contribution in [0.1, 0.15) is 25.1 Å². The van der Waals surface area contributed by atoms with Crippen LogP contribution in [-0.2, 0) is 26.0 Å². The van der Waals surface area contributed by atoms with Crippen molar-refractivity contribution in [1.82, 2.24) is 5.32 Å². The van der Waals surface area contributed by atoms with E-state index in [1.54, 1.807) is 19.1 Å². The monoisotopic (exact) mass is 424 g/mol. The molecule has 2 amide bonds. The highest BCUT2D eigenvalue weighted by Crippen LogP contribution is 2.37. The molecule has 0 saturated carbocycles. The number of rotatable bonds is 6. The van der Waals surface area contributed by atoms with E-state index < -0.39 is 15.1 Å². The van der Waals surface area contributed by atoms with E-state index >= 15 is 0 Å². The number of thioether (sulfide) groups is 1. The van der Waals surface area contributed by atoms with Crippen LogP contribution in [0.4, 0.5) is 5.69 Å². The van der Waals surface area contributed by atoms with Crippen LogP contribution in [0.15, 0.2) is 45.5 Å². The Labute approximate surface area is 166 Å².